The highest BCUT2D eigenvalue weighted by molar-refractivity contribution is 5.48. The standard InChI is InChI=1S/C21H20FN5O3/c1-10(2)19-17(28)6-5-13(24-19)8-14-11(3)7-16(18(22)12(14)4)27-21(30)25-20(29)15(9-23)26-27/h5-7,10,28H,8H2,1-4H3,(H,25,29,30). The fraction of sp³-hybridized carbons (Fsp3) is 0.286. The highest BCUT2D eigenvalue weighted by Crippen LogP contribution is 2.27. The van der Waals surface area contributed by atoms with Crippen molar-refractivity contribution in [1.82, 2.24) is 19.7 Å². The van der Waals surface area contributed by atoms with Gasteiger partial charge in [-0.25, -0.2) is 9.18 Å². The molecule has 0 amide bonds. The first-order valence-corrected chi connectivity index (χ1v) is 9.25. The molecule has 30 heavy (non-hydrogen) atoms. The van der Waals surface area contributed by atoms with Crippen molar-refractivity contribution in [2.24, 2.45) is 0 Å². The molecule has 0 fully saturated rings. The molecule has 0 unspecified atom stereocenters. The number of nitriles is 1. The number of nitrogens with zero attached hydrogens (tertiary/aromatic N) is 4. The van der Waals surface area contributed by atoms with E-state index in [-0.39, 0.29) is 17.4 Å². The molecule has 154 valence electrons. The number of hydrogen-bond donors (Lipinski definition) is 2. The zero-order valence-corrected chi connectivity index (χ0v) is 16.9. The molecule has 2 heterocycles. The number of aromatic amines is 1. The topological polar surface area (TPSA) is 125 Å². The monoisotopic (exact) mass is 409 g/mol. The summed E-state index contributed by atoms with van der Waals surface area (Å²) in [6.45, 7) is 7.17. The molecule has 2 N–H and O–H groups in total. The second-order valence-electron chi connectivity index (χ2n) is 7.30. The molecule has 3 aromatic rings. The Labute approximate surface area is 171 Å². The molecule has 9 heteroatoms. The first kappa shape index (κ1) is 20.9. The summed E-state index contributed by atoms with van der Waals surface area (Å²) in [6, 6.07) is 6.27. The SMILES string of the molecule is Cc1cc(-n2nc(C#N)c(=O)[nH]c2=O)c(F)c(C)c1Cc1ccc(O)c(C(C)C)n1. The normalized spacial score (nSPS) is 11.0. The number of rotatable bonds is 4. The first-order valence-electron chi connectivity index (χ1n) is 9.25. The van der Waals surface area contributed by atoms with E-state index in [9.17, 15) is 14.7 Å². The van der Waals surface area contributed by atoms with Crippen molar-refractivity contribution < 1.29 is 9.50 Å². The van der Waals surface area contributed by atoms with Gasteiger partial charge in [0, 0.05) is 12.1 Å². The zero-order chi connectivity index (χ0) is 22.2. The Morgan fingerprint density at radius 2 is 2.00 bits per heavy atom. The lowest BCUT2D eigenvalue weighted by Crippen LogP contribution is -2.33. The molecule has 0 atom stereocenters. The van der Waals surface area contributed by atoms with Crippen LogP contribution in [0.5, 0.6) is 5.75 Å². The van der Waals surface area contributed by atoms with Crippen LogP contribution >= 0.6 is 0 Å². The molecular formula is C21H20FN5O3. The summed E-state index contributed by atoms with van der Waals surface area (Å²) in [5.41, 5.74) is 0.328. The molecule has 0 spiro atoms. The van der Waals surface area contributed by atoms with Crippen LogP contribution in [0.25, 0.3) is 5.69 Å². The summed E-state index contributed by atoms with van der Waals surface area (Å²) < 4.78 is 15.9. The number of hydrogen-bond acceptors (Lipinski definition) is 6. The maximum atomic E-state index is 15.2. The van der Waals surface area contributed by atoms with Crippen LogP contribution in [0, 0.1) is 31.0 Å². The molecule has 0 bridgehead atoms. The largest absolute Gasteiger partial charge is 0.506 e. The number of aromatic nitrogens is 4. The van der Waals surface area contributed by atoms with Crippen LogP contribution in [0.2, 0.25) is 0 Å². The highest BCUT2D eigenvalue weighted by atomic mass is 19.1. The van der Waals surface area contributed by atoms with E-state index in [0.29, 0.717) is 39.2 Å². The van der Waals surface area contributed by atoms with Crippen molar-refractivity contribution in [1.29, 1.82) is 5.26 Å². The minimum Gasteiger partial charge on any atom is -0.506 e. The van der Waals surface area contributed by atoms with Crippen molar-refractivity contribution in [3.8, 4) is 17.5 Å². The Balaban J connectivity index is 2.11. The average molecular weight is 409 g/mol. The van der Waals surface area contributed by atoms with E-state index in [2.05, 4.69) is 10.1 Å². The number of H-pyrrole nitrogens is 1. The number of halogens is 1. The molecule has 0 saturated heterocycles. The van der Waals surface area contributed by atoms with E-state index < -0.39 is 22.8 Å². The maximum absolute atomic E-state index is 15.2. The van der Waals surface area contributed by atoms with Crippen LogP contribution < -0.4 is 11.2 Å². The van der Waals surface area contributed by atoms with E-state index >= 15 is 4.39 Å². The lowest BCUT2D eigenvalue weighted by Gasteiger charge is -2.16. The van der Waals surface area contributed by atoms with Gasteiger partial charge in [0.05, 0.1) is 5.69 Å². The number of benzene rings is 1. The third-order valence-electron chi connectivity index (χ3n) is 4.86. The predicted octanol–water partition coefficient (Wildman–Crippen LogP) is 2.36. The molecule has 0 aliphatic heterocycles. The Morgan fingerprint density at radius 3 is 2.63 bits per heavy atom. The smallest absolute Gasteiger partial charge is 0.349 e. The highest BCUT2D eigenvalue weighted by Gasteiger charge is 2.19. The Kier molecular flexibility index (Phi) is 5.52. The maximum Gasteiger partial charge on any atom is 0.349 e. The van der Waals surface area contributed by atoms with E-state index in [0.717, 1.165) is 0 Å². The zero-order valence-electron chi connectivity index (χ0n) is 16.9. The lowest BCUT2D eigenvalue weighted by molar-refractivity contribution is 0.459. The first-order chi connectivity index (χ1) is 14.1. The van der Waals surface area contributed by atoms with Crippen molar-refractivity contribution in [3.05, 3.63) is 78.6 Å². The van der Waals surface area contributed by atoms with Gasteiger partial charge in [0.25, 0.3) is 5.56 Å². The third kappa shape index (κ3) is 3.72. The summed E-state index contributed by atoms with van der Waals surface area (Å²) in [5.74, 6) is -0.552. The van der Waals surface area contributed by atoms with Gasteiger partial charge in [-0.05, 0) is 54.7 Å². The number of nitrogens with one attached hydrogen (secondary N) is 1. The van der Waals surface area contributed by atoms with Gasteiger partial charge in [-0.1, -0.05) is 13.8 Å². The quantitative estimate of drug-likeness (QED) is 0.682. The van der Waals surface area contributed by atoms with Gasteiger partial charge in [0.1, 0.15) is 17.5 Å². The summed E-state index contributed by atoms with van der Waals surface area (Å²) in [7, 11) is 0. The van der Waals surface area contributed by atoms with E-state index in [1.807, 2.05) is 18.8 Å². The van der Waals surface area contributed by atoms with Gasteiger partial charge in [-0.2, -0.15) is 9.94 Å². The fourth-order valence-corrected chi connectivity index (χ4v) is 3.25. The Morgan fingerprint density at radius 1 is 1.30 bits per heavy atom. The average Bonchev–Trinajstić information content (AvgIpc) is 2.69. The van der Waals surface area contributed by atoms with Gasteiger partial charge in [-0.15, -0.1) is 5.10 Å². The third-order valence-corrected chi connectivity index (χ3v) is 4.86. The Hall–Kier alpha value is -3.80. The summed E-state index contributed by atoms with van der Waals surface area (Å²) in [5, 5.41) is 22.6. The molecule has 0 aliphatic carbocycles. The van der Waals surface area contributed by atoms with Crippen molar-refractivity contribution in [3.63, 3.8) is 0 Å². The van der Waals surface area contributed by atoms with Gasteiger partial charge in [0.2, 0.25) is 5.69 Å². The molecule has 8 nitrogen and oxygen atoms in total. The number of pyridine rings is 1. The second-order valence-corrected chi connectivity index (χ2v) is 7.30. The van der Waals surface area contributed by atoms with Crippen LogP contribution in [0.15, 0.2) is 27.8 Å². The second kappa shape index (κ2) is 7.91. The lowest BCUT2D eigenvalue weighted by atomic mass is 9.96. The van der Waals surface area contributed by atoms with Gasteiger partial charge in [0.15, 0.2) is 5.82 Å². The van der Waals surface area contributed by atoms with Gasteiger partial charge in [-0.3, -0.25) is 14.8 Å². The van der Waals surface area contributed by atoms with Crippen LogP contribution in [0.3, 0.4) is 0 Å². The minimum absolute atomic E-state index is 0.0266. The molecule has 0 saturated carbocycles. The van der Waals surface area contributed by atoms with Gasteiger partial charge < -0.3 is 5.11 Å². The van der Waals surface area contributed by atoms with E-state index in [4.69, 9.17) is 5.26 Å². The molecule has 0 aliphatic rings. The molecule has 1 aromatic carbocycles. The van der Waals surface area contributed by atoms with Crippen LogP contribution in [0.4, 0.5) is 4.39 Å². The number of aromatic hydroxyl groups is 1. The molecule has 0 radical (unpaired) electrons. The van der Waals surface area contributed by atoms with Crippen LogP contribution in [-0.4, -0.2) is 24.9 Å². The summed E-state index contributed by atoms with van der Waals surface area (Å²) >= 11 is 0. The fourth-order valence-electron chi connectivity index (χ4n) is 3.25. The van der Waals surface area contributed by atoms with Crippen LogP contribution in [-0.2, 0) is 6.42 Å². The minimum atomic E-state index is -0.939. The van der Waals surface area contributed by atoms with Crippen LogP contribution in [0.1, 0.15) is 53.5 Å². The van der Waals surface area contributed by atoms with Crippen molar-refractivity contribution in [2.75, 3.05) is 0 Å². The molecule has 3 rings (SSSR count). The Bertz CT molecular complexity index is 1300. The van der Waals surface area contributed by atoms with E-state index in [1.54, 1.807) is 32.0 Å². The summed E-state index contributed by atoms with van der Waals surface area (Å²) in [6.07, 6.45) is 0.326. The predicted molar refractivity (Wildman–Crippen MR) is 107 cm³/mol. The number of aryl methyl sites for hydroxylation is 1. The van der Waals surface area contributed by atoms with Crippen molar-refractivity contribution >= 4 is 0 Å². The van der Waals surface area contributed by atoms with Gasteiger partial charge >= 0.3 is 5.69 Å². The molecular weight excluding hydrogens is 389 g/mol. The van der Waals surface area contributed by atoms with E-state index in [1.165, 1.54) is 6.07 Å². The summed E-state index contributed by atoms with van der Waals surface area (Å²) in [4.78, 5) is 30.1. The molecule has 2 aromatic heterocycles. The van der Waals surface area contributed by atoms with Crippen molar-refractivity contribution in [2.45, 2.75) is 40.0 Å².